The number of sulfonamides is 1. The van der Waals surface area contributed by atoms with E-state index in [1.54, 1.807) is 42.5 Å². The summed E-state index contributed by atoms with van der Waals surface area (Å²) in [6, 6.07) is 14.9. The molecule has 0 saturated heterocycles. The van der Waals surface area contributed by atoms with E-state index in [2.05, 4.69) is 16.0 Å². The maximum atomic E-state index is 12.0. The fraction of sp³-hybridized carbons (Fsp3) is 0.118. The third-order valence-corrected chi connectivity index (χ3v) is 4.49. The van der Waals surface area contributed by atoms with Crippen LogP contribution in [0.1, 0.15) is 12.0 Å². The highest BCUT2D eigenvalue weighted by atomic mass is 32.2. The Morgan fingerprint density at radius 3 is 2.52 bits per heavy atom. The summed E-state index contributed by atoms with van der Waals surface area (Å²) in [5, 5.41) is 2.67. The van der Waals surface area contributed by atoms with Crippen molar-refractivity contribution >= 4 is 21.6 Å². The van der Waals surface area contributed by atoms with Crippen LogP contribution in [0.4, 0.5) is 5.69 Å². The van der Waals surface area contributed by atoms with E-state index >= 15 is 0 Å². The molecule has 0 unspecified atom stereocenters. The first-order valence-corrected chi connectivity index (χ1v) is 8.41. The minimum absolute atomic E-state index is 0.0118. The molecule has 118 valence electrons. The SMILES string of the molecule is C#Cc1cccc(NC(=O)CCNS(=O)(=O)c2ccccc2)c1. The molecule has 5 nitrogen and oxygen atoms in total. The molecule has 23 heavy (non-hydrogen) atoms. The summed E-state index contributed by atoms with van der Waals surface area (Å²) in [5.74, 6) is 2.18. The van der Waals surface area contributed by atoms with Gasteiger partial charge in [0, 0.05) is 24.2 Å². The highest BCUT2D eigenvalue weighted by Crippen LogP contribution is 2.10. The third kappa shape index (κ3) is 4.95. The van der Waals surface area contributed by atoms with Crippen LogP contribution in [-0.4, -0.2) is 20.9 Å². The second-order valence-corrected chi connectivity index (χ2v) is 6.50. The summed E-state index contributed by atoms with van der Waals surface area (Å²) in [5.41, 5.74) is 1.24. The average Bonchev–Trinajstić information content (AvgIpc) is 2.55. The van der Waals surface area contributed by atoms with Gasteiger partial charge in [0.1, 0.15) is 0 Å². The summed E-state index contributed by atoms with van der Waals surface area (Å²) in [6.07, 6.45) is 5.31. The molecule has 0 fully saturated rings. The van der Waals surface area contributed by atoms with Crippen molar-refractivity contribution in [3.63, 3.8) is 0 Å². The Bertz CT molecular complexity index is 824. The number of terminal acetylenes is 1. The van der Waals surface area contributed by atoms with E-state index in [9.17, 15) is 13.2 Å². The molecule has 2 rings (SSSR count). The zero-order valence-corrected chi connectivity index (χ0v) is 13.1. The highest BCUT2D eigenvalue weighted by Gasteiger charge is 2.13. The summed E-state index contributed by atoms with van der Waals surface area (Å²) >= 11 is 0. The monoisotopic (exact) mass is 328 g/mol. The van der Waals surface area contributed by atoms with Gasteiger partial charge in [-0.2, -0.15) is 0 Å². The van der Waals surface area contributed by atoms with Crippen molar-refractivity contribution in [2.45, 2.75) is 11.3 Å². The number of carbonyl (C=O) groups is 1. The zero-order valence-electron chi connectivity index (χ0n) is 12.3. The molecule has 6 heteroatoms. The molecular weight excluding hydrogens is 312 g/mol. The number of benzene rings is 2. The molecule has 0 spiro atoms. The zero-order chi connectivity index (χ0) is 16.7. The van der Waals surface area contributed by atoms with Crippen LogP contribution >= 0.6 is 0 Å². The number of hydrogen-bond donors (Lipinski definition) is 2. The van der Waals surface area contributed by atoms with Crippen LogP contribution in [-0.2, 0) is 14.8 Å². The van der Waals surface area contributed by atoms with Crippen LogP contribution < -0.4 is 10.0 Å². The fourth-order valence-corrected chi connectivity index (χ4v) is 2.95. The molecule has 2 aromatic rings. The maximum Gasteiger partial charge on any atom is 0.240 e. The van der Waals surface area contributed by atoms with E-state index in [-0.39, 0.29) is 23.8 Å². The Kier molecular flexibility index (Phi) is 5.52. The van der Waals surface area contributed by atoms with E-state index in [0.29, 0.717) is 11.3 Å². The summed E-state index contributed by atoms with van der Waals surface area (Å²) in [4.78, 5) is 12.0. The van der Waals surface area contributed by atoms with E-state index < -0.39 is 10.0 Å². The standard InChI is InChI=1S/C17H16N2O3S/c1-2-14-7-6-8-15(13-14)19-17(20)11-12-18-23(21,22)16-9-4-3-5-10-16/h1,3-10,13,18H,11-12H2,(H,19,20). The minimum Gasteiger partial charge on any atom is -0.326 e. The Balaban J connectivity index is 1.86. The average molecular weight is 328 g/mol. The van der Waals surface area contributed by atoms with Crippen molar-refractivity contribution in [2.24, 2.45) is 0 Å². The Labute approximate surface area is 135 Å². The predicted octanol–water partition coefficient (Wildman–Crippen LogP) is 1.98. The van der Waals surface area contributed by atoms with Gasteiger partial charge in [-0.15, -0.1) is 6.42 Å². The lowest BCUT2D eigenvalue weighted by atomic mass is 10.2. The molecule has 2 N–H and O–H groups in total. The van der Waals surface area contributed by atoms with Crippen LogP contribution in [0.3, 0.4) is 0 Å². The van der Waals surface area contributed by atoms with Gasteiger partial charge in [-0.3, -0.25) is 4.79 Å². The highest BCUT2D eigenvalue weighted by molar-refractivity contribution is 7.89. The number of nitrogens with one attached hydrogen (secondary N) is 2. The molecule has 0 radical (unpaired) electrons. The first-order chi connectivity index (χ1) is 11.0. The van der Waals surface area contributed by atoms with E-state index in [1.807, 2.05) is 0 Å². The number of carbonyl (C=O) groups excluding carboxylic acids is 1. The van der Waals surface area contributed by atoms with Gasteiger partial charge >= 0.3 is 0 Å². The van der Waals surface area contributed by atoms with Crippen LogP contribution in [0.25, 0.3) is 0 Å². The second-order valence-electron chi connectivity index (χ2n) is 4.73. The minimum atomic E-state index is -3.60. The lowest BCUT2D eigenvalue weighted by Crippen LogP contribution is -2.27. The van der Waals surface area contributed by atoms with Crippen molar-refractivity contribution in [1.82, 2.24) is 4.72 Å². The number of anilines is 1. The van der Waals surface area contributed by atoms with Gasteiger partial charge in [-0.25, -0.2) is 13.1 Å². The first kappa shape index (κ1) is 16.7. The van der Waals surface area contributed by atoms with Gasteiger partial charge in [0.15, 0.2) is 0 Å². The number of rotatable bonds is 6. The van der Waals surface area contributed by atoms with Crippen molar-refractivity contribution in [2.75, 3.05) is 11.9 Å². The van der Waals surface area contributed by atoms with E-state index in [1.165, 1.54) is 12.1 Å². The molecule has 0 aromatic heterocycles. The normalized spacial score (nSPS) is 10.7. The molecule has 0 heterocycles. The van der Waals surface area contributed by atoms with Gasteiger partial charge < -0.3 is 5.32 Å². The summed E-state index contributed by atoms with van der Waals surface area (Å²) in [6.45, 7) is 0.0118. The van der Waals surface area contributed by atoms with Crippen LogP contribution in [0.5, 0.6) is 0 Å². The van der Waals surface area contributed by atoms with Crippen molar-refractivity contribution in [1.29, 1.82) is 0 Å². The molecule has 2 aromatic carbocycles. The molecule has 0 saturated carbocycles. The lowest BCUT2D eigenvalue weighted by Gasteiger charge is -2.08. The Morgan fingerprint density at radius 2 is 1.83 bits per heavy atom. The Hall–Kier alpha value is -2.62. The molecule has 0 atom stereocenters. The molecule has 0 bridgehead atoms. The quantitative estimate of drug-likeness (QED) is 0.796. The van der Waals surface area contributed by atoms with Crippen LogP contribution in [0, 0.1) is 12.3 Å². The molecule has 0 aliphatic rings. The molecule has 0 aliphatic heterocycles. The summed E-state index contributed by atoms with van der Waals surface area (Å²) < 4.78 is 26.4. The van der Waals surface area contributed by atoms with E-state index in [0.717, 1.165) is 0 Å². The van der Waals surface area contributed by atoms with E-state index in [4.69, 9.17) is 6.42 Å². The topological polar surface area (TPSA) is 75.3 Å². The fourth-order valence-electron chi connectivity index (χ4n) is 1.89. The third-order valence-electron chi connectivity index (χ3n) is 3.01. The number of amides is 1. The van der Waals surface area contributed by atoms with Gasteiger partial charge in [0.2, 0.25) is 15.9 Å². The molecule has 0 aliphatic carbocycles. The van der Waals surface area contributed by atoms with Crippen LogP contribution in [0.15, 0.2) is 59.5 Å². The van der Waals surface area contributed by atoms with Gasteiger partial charge in [-0.1, -0.05) is 30.2 Å². The van der Waals surface area contributed by atoms with Crippen LogP contribution in [0.2, 0.25) is 0 Å². The number of hydrogen-bond acceptors (Lipinski definition) is 3. The van der Waals surface area contributed by atoms with Crippen molar-refractivity contribution in [3.8, 4) is 12.3 Å². The maximum absolute atomic E-state index is 12.0. The first-order valence-electron chi connectivity index (χ1n) is 6.92. The largest absolute Gasteiger partial charge is 0.326 e. The van der Waals surface area contributed by atoms with Gasteiger partial charge in [-0.05, 0) is 30.3 Å². The van der Waals surface area contributed by atoms with Crippen molar-refractivity contribution < 1.29 is 13.2 Å². The Morgan fingerprint density at radius 1 is 1.09 bits per heavy atom. The smallest absolute Gasteiger partial charge is 0.240 e. The predicted molar refractivity (Wildman–Crippen MR) is 89.3 cm³/mol. The molecule has 1 amide bonds. The van der Waals surface area contributed by atoms with Crippen molar-refractivity contribution in [3.05, 3.63) is 60.2 Å². The van der Waals surface area contributed by atoms with Gasteiger partial charge in [0.25, 0.3) is 0 Å². The lowest BCUT2D eigenvalue weighted by molar-refractivity contribution is -0.116. The molecular formula is C17H16N2O3S. The van der Waals surface area contributed by atoms with Gasteiger partial charge in [0.05, 0.1) is 4.90 Å². The second kappa shape index (κ2) is 7.58. The summed E-state index contributed by atoms with van der Waals surface area (Å²) in [7, 11) is -3.60.